The number of nitrogens with one attached hydrogen (secondary N) is 1. The van der Waals surface area contributed by atoms with Crippen molar-refractivity contribution < 1.29 is 14.3 Å². The van der Waals surface area contributed by atoms with Gasteiger partial charge in [0, 0.05) is 11.0 Å². The van der Waals surface area contributed by atoms with Crippen molar-refractivity contribution >= 4 is 33.4 Å². The summed E-state index contributed by atoms with van der Waals surface area (Å²) >= 11 is 9.27. The molecule has 0 aromatic heterocycles. The van der Waals surface area contributed by atoms with Gasteiger partial charge >= 0.3 is 0 Å². The lowest BCUT2D eigenvalue weighted by molar-refractivity contribution is -0.123. The smallest absolute Gasteiger partial charge is 0.258 e. The van der Waals surface area contributed by atoms with Gasteiger partial charge in [0.05, 0.1) is 18.2 Å². The second-order valence-corrected chi connectivity index (χ2v) is 5.55. The molecule has 110 valence electrons. The summed E-state index contributed by atoms with van der Waals surface area (Å²) in [5.41, 5.74) is 0.949. The maximum atomic E-state index is 11.5. The van der Waals surface area contributed by atoms with E-state index in [1.807, 2.05) is 6.92 Å². The lowest BCUT2D eigenvalue weighted by Crippen LogP contribution is -2.31. The fourth-order valence-corrected chi connectivity index (χ4v) is 2.02. The zero-order valence-electron chi connectivity index (χ0n) is 11.2. The maximum Gasteiger partial charge on any atom is 0.258 e. The van der Waals surface area contributed by atoms with Crippen LogP contribution in [0.25, 0.3) is 0 Å². The molecule has 0 heterocycles. The number of hydrogen-bond acceptors (Lipinski definition) is 3. The van der Waals surface area contributed by atoms with E-state index in [4.69, 9.17) is 21.1 Å². The number of rotatable bonds is 8. The van der Waals surface area contributed by atoms with Gasteiger partial charge < -0.3 is 14.8 Å². The summed E-state index contributed by atoms with van der Waals surface area (Å²) in [4.78, 5) is 11.5. The first kappa shape index (κ1) is 17.0. The number of halogens is 2. The van der Waals surface area contributed by atoms with E-state index in [9.17, 15) is 4.79 Å². The predicted octanol–water partition coefficient (Wildman–Crippen LogP) is 3.19. The van der Waals surface area contributed by atoms with E-state index in [1.54, 1.807) is 18.2 Å². The third-order valence-electron chi connectivity index (χ3n) is 2.17. The normalized spacial score (nSPS) is 10.2. The molecule has 1 aromatic carbocycles. The zero-order chi connectivity index (χ0) is 15.0. The van der Waals surface area contributed by atoms with Crippen LogP contribution in [0.15, 0.2) is 34.8 Å². The molecule has 1 N–H and O–H groups in total. The number of hydrogen-bond donors (Lipinski definition) is 1. The lowest BCUT2D eigenvalue weighted by atomic mass is 10.3. The van der Waals surface area contributed by atoms with Crippen molar-refractivity contribution in [3.63, 3.8) is 0 Å². The summed E-state index contributed by atoms with van der Waals surface area (Å²) in [6, 6.07) is 5.21. The molecule has 4 nitrogen and oxygen atoms in total. The molecule has 20 heavy (non-hydrogen) atoms. The first-order valence-corrected chi connectivity index (χ1v) is 7.23. The van der Waals surface area contributed by atoms with Gasteiger partial charge in [-0.1, -0.05) is 39.7 Å². The van der Waals surface area contributed by atoms with Crippen molar-refractivity contribution in [1.82, 2.24) is 5.32 Å². The molecule has 1 aromatic rings. The van der Waals surface area contributed by atoms with Crippen molar-refractivity contribution in [3.05, 3.63) is 39.8 Å². The average Bonchev–Trinajstić information content (AvgIpc) is 2.37. The molecular formula is C14H17BrClNO3. The summed E-state index contributed by atoms with van der Waals surface area (Å²) in [5, 5.41) is 3.14. The van der Waals surface area contributed by atoms with Crippen LogP contribution in [0, 0.1) is 0 Å². The second-order valence-electron chi connectivity index (χ2n) is 4.22. The largest absolute Gasteiger partial charge is 0.482 e. The Labute approximate surface area is 132 Å². The van der Waals surface area contributed by atoms with Gasteiger partial charge in [-0.3, -0.25) is 4.79 Å². The Bertz CT molecular complexity index is 479. The fourth-order valence-electron chi connectivity index (χ4n) is 1.30. The quantitative estimate of drug-likeness (QED) is 0.571. The molecule has 0 aliphatic rings. The minimum absolute atomic E-state index is 0.0815. The minimum atomic E-state index is -0.220. The highest BCUT2D eigenvalue weighted by molar-refractivity contribution is 9.10. The van der Waals surface area contributed by atoms with E-state index in [2.05, 4.69) is 27.8 Å². The van der Waals surface area contributed by atoms with Gasteiger partial charge in [-0.15, -0.1) is 0 Å². The van der Waals surface area contributed by atoms with E-state index in [-0.39, 0.29) is 12.5 Å². The highest BCUT2D eigenvalue weighted by atomic mass is 79.9. The van der Waals surface area contributed by atoms with E-state index < -0.39 is 0 Å². The molecule has 0 saturated heterocycles. The SMILES string of the molecule is C=C(C)COCCNC(=O)COc1ccc(Br)cc1Cl. The molecular weight excluding hydrogens is 346 g/mol. The zero-order valence-corrected chi connectivity index (χ0v) is 13.6. The molecule has 0 bridgehead atoms. The third-order valence-corrected chi connectivity index (χ3v) is 2.96. The van der Waals surface area contributed by atoms with E-state index in [0.29, 0.717) is 30.5 Å². The van der Waals surface area contributed by atoms with Crippen LogP contribution >= 0.6 is 27.5 Å². The number of carbonyl (C=O) groups is 1. The van der Waals surface area contributed by atoms with Gasteiger partial charge in [0.1, 0.15) is 5.75 Å². The van der Waals surface area contributed by atoms with Gasteiger partial charge in [0.2, 0.25) is 0 Å². The molecule has 6 heteroatoms. The van der Waals surface area contributed by atoms with E-state index in [0.717, 1.165) is 10.0 Å². The van der Waals surface area contributed by atoms with Crippen LogP contribution in [0.3, 0.4) is 0 Å². The second kappa shape index (κ2) is 9.00. The Balaban J connectivity index is 2.21. The molecule has 0 unspecified atom stereocenters. The van der Waals surface area contributed by atoms with Gasteiger partial charge in [0.15, 0.2) is 6.61 Å². The van der Waals surface area contributed by atoms with Crippen molar-refractivity contribution in [2.45, 2.75) is 6.92 Å². The Hall–Kier alpha value is -1.04. The number of ether oxygens (including phenoxy) is 2. The first-order chi connectivity index (χ1) is 9.49. The first-order valence-electron chi connectivity index (χ1n) is 6.05. The summed E-state index contributed by atoms with van der Waals surface area (Å²) in [5.74, 6) is 0.256. The van der Waals surface area contributed by atoms with Gasteiger partial charge in [-0.25, -0.2) is 0 Å². The number of amides is 1. The standard InChI is InChI=1S/C14H17BrClNO3/c1-10(2)8-19-6-5-17-14(18)9-20-13-4-3-11(15)7-12(13)16/h3-4,7H,1,5-6,8-9H2,2H3,(H,17,18). The molecule has 0 aliphatic heterocycles. The number of benzene rings is 1. The summed E-state index contributed by atoms with van der Waals surface area (Å²) in [6.45, 7) is 6.90. The topological polar surface area (TPSA) is 47.6 Å². The molecule has 0 saturated carbocycles. The van der Waals surface area contributed by atoms with Crippen molar-refractivity contribution in [3.8, 4) is 5.75 Å². The van der Waals surface area contributed by atoms with Crippen LogP contribution in [-0.4, -0.2) is 32.3 Å². The predicted molar refractivity (Wildman–Crippen MR) is 83.3 cm³/mol. The summed E-state index contributed by atoms with van der Waals surface area (Å²) in [7, 11) is 0. The Kier molecular flexibility index (Phi) is 7.65. The van der Waals surface area contributed by atoms with Gasteiger partial charge in [-0.05, 0) is 25.1 Å². The van der Waals surface area contributed by atoms with E-state index >= 15 is 0 Å². The highest BCUT2D eigenvalue weighted by Crippen LogP contribution is 2.27. The average molecular weight is 363 g/mol. The van der Waals surface area contributed by atoms with Crippen molar-refractivity contribution in [1.29, 1.82) is 0 Å². The minimum Gasteiger partial charge on any atom is -0.482 e. The van der Waals surface area contributed by atoms with Crippen LogP contribution in [0.2, 0.25) is 5.02 Å². The lowest BCUT2D eigenvalue weighted by Gasteiger charge is -2.09. The molecule has 0 aliphatic carbocycles. The highest BCUT2D eigenvalue weighted by Gasteiger charge is 2.05. The fraction of sp³-hybridized carbons (Fsp3) is 0.357. The Morgan fingerprint density at radius 1 is 1.45 bits per heavy atom. The molecule has 1 rings (SSSR count). The van der Waals surface area contributed by atoms with Gasteiger partial charge in [-0.2, -0.15) is 0 Å². The molecule has 0 atom stereocenters. The van der Waals surface area contributed by atoms with Crippen LogP contribution in [0.5, 0.6) is 5.75 Å². The number of carbonyl (C=O) groups excluding carboxylic acids is 1. The molecule has 0 radical (unpaired) electrons. The monoisotopic (exact) mass is 361 g/mol. The Morgan fingerprint density at radius 2 is 2.20 bits per heavy atom. The van der Waals surface area contributed by atoms with Crippen LogP contribution in [-0.2, 0) is 9.53 Å². The van der Waals surface area contributed by atoms with Gasteiger partial charge in [0.25, 0.3) is 5.91 Å². The van der Waals surface area contributed by atoms with E-state index in [1.165, 1.54) is 0 Å². The third kappa shape index (κ3) is 6.93. The van der Waals surface area contributed by atoms with Crippen molar-refractivity contribution in [2.75, 3.05) is 26.4 Å². The molecule has 0 fully saturated rings. The molecule has 1 amide bonds. The van der Waals surface area contributed by atoms with Crippen molar-refractivity contribution in [2.24, 2.45) is 0 Å². The summed E-state index contributed by atoms with van der Waals surface area (Å²) in [6.07, 6.45) is 0. The van der Waals surface area contributed by atoms with Crippen LogP contribution in [0.1, 0.15) is 6.92 Å². The molecule has 0 spiro atoms. The maximum absolute atomic E-state index is 11.5. The summed E-state index contributed by atoms with van der Waals surface area (Å²) < 4.78 is 11.4. The van der Waals surface area contributed by atoms with Crippen LogP contribution < -0.4 is 10.1 Å². The van der Waals surface area contributed by atoms with Crippen LogP contribution in [0.4, 0.5) is 0 Å². The Morgan fingerprint density at radius 3 is 2.85 bits per heavy atom.